The van der Waals surface area contributed by atoms with Crippen LogP contribution in [0.3, 0.4) is 0 Å². The van der Waals surface area contributed by atoms with E-state index in [1.165, 1.54) is 29.6 Å². The molecule has 1 saturated heterocycles. The van der Waals surface area contributed by atoms with E-state index in [1.807, 2.05) is 6.07 Å². The second-order valence-electron chi connectivity index (χ2n) is 10.9. The number of ether oxygens (including phenoxy) is 1. The molecule has 1 amide bonds. The van der Waals surface area contributed by atoms with Crippen LogP contribution in [0, 0.1) is 13.8 Å². The summed E-state index contributed by atoms with van der Waals surface area (Å²) in [4.78, 5) is 15.5. The van der Waals surface area contributed by atoms with E-state index in [2.05, 4.69) is 10.2 Å². The molecule has 1 aliphatic heterocycles. The Morgan fingerprint density at radius 3 is 2.29 bits per heavy atom. The minimum atomic E-state index is -4.12. The van der Waals surface area contributed by atoms with E-state index >= 15 is 0 Å². The van der Waals surface area contributed by atoms with Crippen LogP contribution in [-0.4, -0.2) is 60.3 Å². The van der Waals surface area contributed by atoms with Gasteiger partial charge in [-0.2, -0.15) is 12.7 Å². The van der Waals surface area contributed by atoms with Crippen LogP contribution in [0.2, 0.25) is 0 Å². The summed E-state index contributed by atoms with van der Waals surface area (Å²) < 4.78 is 64.8. The molecule has 0 spiro atoms. The Hall–Kier alpha value is -3.87. The first-order chi connectivity index (χ1) is 21.4. The van der Waals surface area contributed by atoms with Crippen molar-refractivity contribution in [2.24, 2.45) is 0 Å². The Morgan fingerprint density at radius 2 is 1.62 bits per heavy atom. The number of sulfonamides is 1. The van der Waals surface area contributed by atoms with Gasteiger partial charge in [0.1, 0.15) is 4.90 Å². The highest BCUT2D eigenvalue weighted by Crippen LogP contribution is 2.34. The Labute approximate surface area is 266 Å². The molecule has 0 atom stereocenters. The third-order valence-corrected chi connectivity index (χ3v) is 11.1. The molecule has 1 aliphatic rings. The quantitative estimate of drug-likeness (QED) is 0.193. The zero-order valence-electron chi connectivity index (χ0n) is 26.4. The Bertz CT molecular complexity index is 1780. The summed E-state index contributed by atoms with van der Waals surface area (Å²) in [6.45, 7) is 9.37. The molecular weight excluding hydrogens is 615 g/mol. The standard InChI is InChI=1S/C33H41N3O7S2/c1-6-36(7-2)44(38,39)27-15-16-29(35-19-9-8-10-20-35)28(23-27)34-33(37)18-14-26-13-17-30(31(22-26)42-5)43-45(40,41)32-21-24(3)11-12-25(32)4/h11-18,21-23H,6-10,19-20H2,1-5H3,(H,34,37)/b18-14+. The van der Waals surface area contributed by atoms with Gasteiger partial charge in [0.2, 0.25) is 15.9 Å². The molecule has 1 N–H and O–H groups in total. The number of methoxy groups -OCH3 is 1. The molecule has 0 saturated carbocycles. The predicted octanol–water partition coefficient (Wildman–Crippen LogP) is 5.75. The highest BCUT2D eigenvalue weighted by Gasteiger charge is 2.25. The van der Waals surface area contributed by atoms with Crippen molar-refractivity contribution >= 4 is 43.5 Å². The number of piperidine rings is 1. The van der Waals surface area contributed by atoms with E-state index < -0.39 is 26.0 Å². The van der Waals surface area contributed by atoms with Gasteiger partial charge in [-0.3, -0.25) is 4.79 Å². The van der Waals surface area contributed by atoms with Gasteiger partial charge in [0.25, 0.3) is 0 Å². The first kappa shape index (κ1) is 34.0. The van der Waals surface area contributed by atoms with Gasteiger partial charge in [-0.1, -0.05) is 32.0 Å². The molecule has 0 radical (unpaired) electrons. The highest BCUT2D eigenvalue weighted by atomic mass is 32.2. The van der Waals surface area contributed by atoms with Gasteiger partial charge in [0.15, 0.2) is 11.5 Å². The number of nitrogens with zero attached hydrogens (tertiary/aromatic N) is 2. The maximum Gasteiger partial charge on any atom is 0.339 e. The van der Waals surface area contributed by atoms with E-state index in [9.17, 15) is 21.6 Å². The first-order valence-electron chi connectivity index (χ1n) is 15.0. The van der Waals surface area contributed by atoms with E-state index in [0.717, 1.165) is 43.6 Å². The molecule has 0 bridgehead atoms. The van der Waals surface area contributed by atoms with Crippen molar-refractivity contribution in [3.8, 4) is 11.5 Å². The Morgan fingerprint density at radius 1 is 0.911 bits per heavy atom. The lowest BCUT2D eigenvalue weighted by atomic mass is 10.1. The van der Waals surface area contributed by atoms with Crippen molar-refractivity contribution in [2.75, 3.05) is 43.5 Å². The summed E-state index contributed by atoms with van der Waals surface area (Å²) in [6, 6.07) is 14.6. The number of aryl methyl sites for hydroxylation is 2. The van der Waals surface area contributed by atoms with Gasteiger partial charge in [0.05, 0.1) is 23.4 Å². The molecular formula is C33H41N3O7S2. The number of carbonyl (C=O) groups excluding carboxylic acids is 1. The van der Waals surface area contributed by atoms with Crippen molar-refractivity contribution in [1.82, 2.24) is 4.31 Å². The lowest BCUT2D eigenvalue weighted by Gasteiger charge is -2.31. The van der Waals surface area contributed by atoms with Gasteiger partial charge < -0.3 is 19.1 Å². The number of nitrogens with one attached hydrogen (secondary N) is 1. The molecule has 1 fully saturated rings. The fourth-order valence-corrected chi connectivity index (χ4v) is 7.98. The maximum atomic E-state index is 13.2. The lowest BCUT2D eigenvalue weighted by Crippen LogP contribution is -2.32. The molecule has 10 nitrogen and oxygen atoms in total. The van der Waals surface area contributed by atoms with Gasteiger partial charge in [-0.05, 0) is 92.3 Å². The summed E-state index contributed by atoms with van der Waals surface area (Å²) in [5, 5.41) is 2.88. The van der Waals surface area contributed by atoms with E-state index in [1.54, 1.807) is 70.2 Å². The Balaban J connectivity index is 1.57. The molecule has 242 valence electrons. The van der Waals surface area contributed by atoms with Crippen molar-refractivity contribution in [3.63, 3.8) is 0 Å². The smallest absolute Gasteiger partial charge is 0.339 e. The maximum absolute atomic E-state index is 13.2. The lowest BCUT2D eigenvalue weighted by molar-refractivity contribution is -0.111. The molecule has 3 aromatic carbocycles. The third kappa shape index (κ3) is 8.05. The van der Waals surface area contributed by atoms with Crippen LogP contribution < -0.4 is 19.1 Å². The van der Waals surface area contributed by atoms with Gasteiger partial charge >= 0.3 is 10.1 Å². The number of hydrogen-bond donors (Lipinski definition) is 1. The second-order valence-corrected chi connectivity index (χ2v) is 14.3. The molecule has 45 heavy (non-hydrogen) atoms. The fourth-order valence-electron chi connectivity index (χ4n) is 5.24. The van der Waals surface area contributed by atoms with E-state index in [0.29, 0.717) is 29.9 Å². The minimum Gasteiger partial charge on any atom is -0.493 e. The third-order valence-electron chi connectivity index (χ3n) is 7.69. The summed E-state index contributed by atoms with van der Waals surface area (Å²) >= 11 is 0. The molecule has 1 heterocycles. The number of benzene rings is 3. The van der Waals surface area contributed by atoms with Crippen LogP contribution >= 0.6 is 0 Å². The molecule has 12 heteroatoms. The van der Waals surface area contributed by atoms with Crippen LogP contribution in [-0.2, 0) is 24.9 Å². The summed E-state index contributed by atoms with van der Waals surface area (Å²) in [5.74, 6) is -0.270. The van der Waals surface area contributed by atoms with Crippen LogP contribution in [0.1, 0.15) is 49.8 Å². The largest absolute Gasteiger partial charge is 0.493 e. The second kappa shape index (κ2) is 14.5. The number of amides is 1. The average molecular weight is 656 g/mol. The molecule has 0 aromatic heterocycles. The van der Waals surface area contributed by atoms with Crippen LogP contribution in [0.15, 0.2) is 70.5 Å². The topological polar surface area (TPSA) is 122 Å². The number of rotatable bonds is 12. The van der Waals surface area contributed by atoms with Gasteiger partial charge in [0, 0.05) is 32.3 Å². The number of anilines is 2. The van der Waals surface area contributed by atoms with Crippen LogP contribution in [0.5, 0.6) is 11.5 Å². The van der Waals surface area contributed by atoms with Gasteiger partial charge in [-0.25, -0.2) is 8.42 Å². The molecule has 3 aromatic rings. The van der Waals surface area contributed by atoms with Crippen molar-refractivity contribution < 1.29 is 30.6 Å². The van der Waals surface area contributed by atoms with E-state index in [-0.39, 0.29) is 21.3 Å². The van der Waals surface area contributed by atoms with Crippen LogP contribution in [0.4, 0.5) is 11.4 Å². The average Bonchev–Trinajstić information content (AvgIpc) is 3.02. The van der Waals surface area contributed by atoms with Crippen LogP contribution in [0.25, 0.3) is 6.08 Å². The van der Waals surface area contributed by atoms with Crippen molar-refractivity contribution in [1.29, 1.82) is 0 Å². The van der Waals surface area contributed by atoms with Gasteiger partial charge in [-0.15, -0.1) is 0 Å². The molecule has 4 rings (SSSR count). The molecule has 0 aliphatic carbocycles. The SMILES string of the molecule is CCN(CC)S(=O)(=O)c1ccc(N2CCCCC2)c(NC(=O)/C=C/c2ccc(OS(=O)(=O)c3cc(C)ccc3C)c(OC)c2)c1. The highest BCUT2D eigenvalue weighted by molar-refractivity contribution is 7.89. The first-order valence-corrected chi connectivity index (χ1v) is 17.8. The zero-order valence-corrected chi connectivity index (χ0v) is 28.0. The van der Waals surface area contributed by atoms with E-state index in [4.69, 9.17) is 8.92 Å². The number of hydrogen-bond acceptors (Lipinski definition) is 8. The fraction of sp³-hybridized carbons (Fsp3) is 0.364. The minimum absolute atomic E-state index is 0.0115. The number of carbonyl (C=O) groups is 1. The summed E-state index contributed by atoms with van der Waals surface area (Å²) in [7, 11) is -6.46. The van der Waals surface area contributed by atoms with Crippen molar-refractivity contribution in [2.45, 2.75) is 56.7 Å². The summed E-state index contributed by atoms with van der Waals surface area (Å²) in [6.07, 6.45) is 6.03. The Kier molecular flexibility index (Phi) is 10.9. The predicted molar refractivity (Wildman–Crippen MR) is 177 cm³/mol. The summed E-state index contributed by atoms with van der Waals surface area (Å²) in [5.41, 5.74) is 3.09. The monoisotopic (exact) mass is 655 g/mol. The normalized spacial score (nSPS) is 14.1. The zero-order chi connectivity index (χ0) is 32.8. The van der Waals surface area contributed by atoms with Crippen molar-refractivity contribution in [3.05, 3.63) is 77.4 Å². The molecule has 0 unspecified atom stereocenters.